The Labute approximate surface area is 214 Å². The Morgan fingerprint density at radius 1 is 1.28 bits per heavy atom. The van der Waals surface area contributed by atoms with Gasteiger partial charge in [0.2, 0.25) is 11.8 Å². The maximum absolute atomic E-state index is 11.5. The lowest BCUT2D eigenvalue weighted by molar-refractivity contribution is -0.148. The summed E-state index contributed by atoms with van der Waals surface area (Å²) in [5, 5.41) is 24.6. The summed E-state index contributed by atoms with van der Waals surface area (Å²) in [6, 6.07) is 7.78. The molecule has 0 spiro atoms. The zero-order chi connectivity index (χ0) is 25.7. The third kappa shape index (κ3) is 6.18. The molecule has 3 aromatic rings. The van der Waals surface area contributed by atoms with Crippen molar-refractivity contribution in [1.29, 1.82) is 0 Å². The zero-order valence-corrected chi connectivity index (χ0v) is 21.5. The molecule has 0 amide bonds. The van der Waals surface area contributed by atoms with Crippen molar-refractivity contribution in [2.24, 2.45) is 11.8 Å². The van der Waals surface area contributed by atoms with E-state index in [1.54, 1.807) is 25.6 Å². The second-order valence-corrected chi connectivity index (χ2v) is 10.4. The van der Waals surface area contributed by atoms with Crippen LogP contribution in [0.25, 0.3) is 10.4 Å². The van der Waals surface area contributed by atoms with Crippen LogP contribution in [0.4, 0.5) is 11.6 Å². The average molecular weight is 513 g/mol. The van der Waals surface area contributed by atoms with E-state index in [1.165, 1.54) is 11.3 Å². The highest BCUT2D eigenvalue weighted by Gasteiger charge is 2.43. The smallest absolute Gasteiger partial charge is 0.306 e. The number of anilines is 2. The lowest BCUT2D eigenvalue weighted by Gasteiger charge is -2.37. The number of nitrogens with one attached hydrogen (secondary N) is 1. The minimum atomic E-state index is -1.10. The van der Waals surface area contributed by atoms with Crippen molar-refractivity contribution >= 4 is 28.9 Å². The van der Waals surface area contributed by atoms with Gasteiger partial charge in [0.15, 0.2) is 0 Å². The summed E-state index contributed by atoms with van der Waals surface area (Å²) >= 11 is 1.44. The molecular weight excluding hydrogens is 480 g/mol. The molecule has 3 unspecified atom stereocenters. The summed E-state index contributed by atoms with van der Waals surface area (Å²) < 4.78 is 10.7. The number of methoxy groups -OCH3 is 1. The van der Waals surface area contributed by atoms with E-state index in [4.69, 9.17) is 9.47 Å². The molecule has 2 aromatic heterocycles. The van der Waals surface area contributed by atoms with Crippen LogP contribution in [0.1, 0.15) is 43.2 Å². The van der Waals surface area contributed by atoms with Crippen LogP contribution in [0.5, 0.6) is 5.88 Å². The molecule has 10 heteroatoms. The first-order valence-electron chi connectivity index (χ1n) is 12.0. The number of aromatic nitrogens is 3. The molecule has 0 bridgehead atoms. The molecule has 9 nitrogen and oxygen atoms in total. The van der Waals surface area contributed by atoms with Crippen LogP contribution in [-0.4, -0.2) is 51.5 Å². The van der Waals surface area contributed by atoms with E-state index in [1.807, 2.05) is 26.0 Å². The van der Waals surface area contributed by atoms with Gasteiger partial charge in [-0.1, -0.05) is 13.0 Å². The summed E-state index contributed by atoms with van der Waals surface area (Å²) in [5.41, 5.74) is 1.73. The molecule has 2 heterocycles. The van der Waals surface area contributed by atoms with Crippen LogP contribution in [0, 0.1) is 18.8 Å². The average Bonchev–Trinajstić information content (AvgIpc) is 3.33. The molecule has 4 rings (SSSR count). The highest BCUT2D eigenvalue weighted by Crippen LogP contribution is 2.45. The van der Waals surface area contributed by atoms with E-state index < -0.39 is 17.5 Å². The number of hydrogen-bond acceptors (Lipinski definition) is 9. The van der Waals surface area contributed by atoms with Gasteiger partial charge in [0.05, 0.1) is 17.4 Å². The van der Waals surface area contributed by atoms with Crippen molar-refractivity contribution in [2.45, 2.75) is 45.1 Å². The van der Waals surface area contributed by atoms with Crippen molar-refractivity contribution in [1.82, 2.24) is 15.0 Å². The summed E-state index contributed by atoms with van der Waals surface area (Å²) in [6.07, 6.45) is 5.41. The van der Waals surface area contributed by atoms with Gasteiger partial charge in [0.1, 0.15) is 10.6 Å². The van der Waals surface area contributed by atoms with Crippen molar-refractivity contribution in [3.8, 4) is 16.3 Å². The van der Waals surface area contributed by atoms with Crippen LogP contribution < -0.4 is 10.1 Å². The van der Waals surface area contributed by atoms with Gasteiger partial charge in [-0.2, -0.15) is 4.98 Å². The lowest BCUT2D eigenvalue weighted by atomic mass is 9.72. The third-order valence-electron chi connectivity index (χ3n) is 6.43. The van der Waals surface area contributed by atoms with Crippen LogP contribution in [0.2, 0.25) is 0 Å². The highest BCUT2D eigenvalue weighted by atomic mass is 32.1. The maximum Gasteiger partial charge on any atom is 0.306 e. The Morgan fingerprint density at radius 2 is 2.11 bits per heavy atom. The van der Waals surface area contributed by atoms with Crippen molar-refractivity contribution < 1.29 is 24.5 Å². The SMILES string of the molecule is COCCCOc1ccnc(Nc2cc(C)cc(-c3cnc(C4(O)CCC(C(=O)O)C(C)C4)s3)c2)n1. The first kappa shape index (κ1) is 26.0. The number of carboxylic acids is 1. The number of benzene rings is 1. The first-order chi connectivity index (χ1) is 17.3. The van der Waals surface area contributed by atoms with Gasteiger partial charge in [-0.25, -0.2) is 9.97 Å². The number of carbonyl (C=O) groups is 1. The van der Waals surface area contributed by atoms with Crippen LogP contribution >= 0.6 is 11.3 Å². The van der Waals surface area contributed by atoms with Gasteiger partial charge in [0.25, 0.3) is 0 Å². The number of nitrogens with zero attached hydrogens (tertiary/aromatic N) is 3. The molecule has 1 fully saturated rings. The number of thiazole rings is 1. The number of rotatable bonds is 10. The number of ether oxygens (including phenoxy) is 2. The van der Waals surface area contributed by atoms with Crippen molar-refractivity contribution in [2.75, 3.05) is 25.6 Å². The standard InChI is InChI=1S/C26H32N4O5S/c1-16-11-18(13-19(12-16)29-25-27-8-6-22(30-25)35-10-4-9-34-3)21-15-28-24(36-21)26(33)7-5-20(23(31)32)17(2)14-26/h6,8,11-13,15,17,20,33H,4-5,7,9-10,14H2,1-3H3,(H,31,32)(H,27,29,30). The fourth-order valence-electron chi connectivity index (χ4n) is 4.63. The molecule has 3 atom stereocenters. The molecular formula is C26H32N4O5S. The summed E-state index contributed by atoms with van der Waals surface area (Å²) in [6.45, 7) is 5.03. The van der Waals surface area contributed by atoms with Gasteiger partial charge in [-0.3, -0.25) is 4.79 Å². The quantitative estimate of drug-likeness (QED) is 0.329. The number of aliphatic carboxylic acids is 1. The van der Waals surface area contributed by atoms with E-state index in [-0.39, 0.29) is 5.92 Å². The summed E-state index contributed by atoms with van der Waals surface area (Å²) in [5.74, 6) is -0.422. The van der Waals surface area contributed by atoms with E-state index >= 15 is 0 Å². The topological polar surface area (TPSA) is 127 Å². The minimum absolute atomic E-state index is 0.122. The predicted octanol–water partition coefficient (Wildman–Crippen LogP) is 4.78. The number of aliphatic hydroxyl groups is 1. The van der Waals surface area contributed by atoms with Gasteiger partial charge in [0, 0.05) is 44.3 Å². The number of hydrogen-bond donors (Lipinski definition) is 3. The molecule has 3 N–H and O–H groups in total. The van der Waals surface area contributed by atoms with Gasteiger partial charge < -0.3 is 25.0 Å². The van der Waals surface area contributed by atoms with E-state index in [0.717, 1.165) is 28.1 Å². The lowest BCUT2D eigenvalue weighted by Crippen LogP contribution is -2.38. The Bertz CT molecular complexity index is 1200. The molecule has 1 aliphatic rings. The fraction of sp³-hybridized carbons (Fsp3) is 0.462. The largest absolute Gasteiger partial charge is 0.481 e. The zero-order valence-electron chi connectivity index (χ0n) is 20.7. The molecule has 1 saturated carbocycles. The Morgan fingerprint density at radius 3 is 2.86 bits per heavy atom. The normalized spacial score (nSPS) is 21.8. The van der Waals surface area contributed by atoms with Gasteiger partial charge in [-0.05, 0) is 55.4 Å². The second kappa shape index (κ2) is 11.3. The minimum Gasteiger partial charge on any atom is -0.481 e. The molecule has 0 saturated heterocycles. The number of carboxylic acid groups (broad SMARTS) is 1. The highest BCUT2D eigenvalue weighted by molar-refractivity contribution is 7.15. The van der Waals surface area contributed by atoms with E-state index in [0.29, 0.717) is 49.3 Å². The maximum atomic E-state index is 11.5. The third-order valence-corrected chi connectivity index (χ3v) is 7.67. The van der Waals surface area contributed by atoms with Crippen molar-refractivity contribution in [3.05, 3.63) is 47.2 Å². The van der Waals surface area contributed by atoms with Gasteiger partial charge >= 0.3 is 5.97 Å². The van der Waals surface area contributed by atoms with Crippen molar-refractivity contribution in [3.63, 3.8) is 0 Å². The first-order valence-corrected chi connectivity index (χ1v) is 12.8. The summed E-state index contributed by atoms with van der Waals surface area (Å²) in [7, 11) is 1.66. The second-order valence-electron chi connectivity index (χ2n) is 9.35. The van der Waals surface area contributed by atoms with Crippen LogP contribution in [0.15, 0.2) is 36.7 Å². The van der Waals surface area contributed by atoms with E-state index in [2.05, 4.69) is 26.3 Å². The fourth-order valence-corrected chi connectivity index (χ4v) is 5.66. The van der Waals surface area contributed by atoms with E-state index in [9.17, 15) is 15.0 Å². The molecule has 0 radical (unpaired) electrons. The Hall–Kier alpha value is -3.08. The van der Waals surface area contributed by atoms with Gasteiger partial charge in [-0.15, -0.1) is 11.3 Å². The van der Waals surface area contributed by atoms with Crippen LogP contribution in [0.3, 0.4) is 0 Å². The Kier molecular flexibility index (Phi) is 8.17. The summed E-state index contributed by atoms with van der Waals surface area (Å²) in [4.78, 5) is 25.7. The molecule has 0 aliphatic heterocycles. The molecule has 1 aliphatic carbocycles. The predicted molar refractivity (Wildman–Crippen MR) is 138 cm³/mol. The number of aryl methyl sites for hydroxylation is 1. The van der Waals surface area contributed by atoms with Crippen LogP contribution in [-0.2, 0) is 15.1 Å². The molecule has 192 valence electrons. The monoisotopic (exact) mass is 512 g/mol. The molecule has 36 heavy (non-hydrogen) atoms. The Balaban J connectivity index is 1.49. The molecule has 1 aromatic carbocycles.